The number of hydrogen-bond donors (Lipinski definition) is 1. The Kier molecular flexibility index (Phi) is 4.30. The van der Waals surface area contributed by atoms with Crippen LogP contribution in [-0.2, 0) is 10.1 Å². The van der Waals surface area contributed by atoms with Gasteiger partial charge in [-0.25, -0.2) is 10.0 Å². The molecule has 0 saturated carbocycles. The summed E-state index contributed by atoms with van der Waals surface area (Å²) in [5.41, 5.74) is 0. The molecule has 1 N–H and O–H groups in total. The van der Waals surface area contributed by atoms with E-state index in [0.717, 1.165) is 5.75 Å². The van der Waals surface area contributed by atoms with Crippen LogP contribution in [0.1, 0.15) is 6.92 Å². The molecule has 74 valence electrons. The molecule has 0 radical (unpaired) electrons. The van der Waals surface area contributed by atoms with Gasteiger partial charge in [-0.15, -0.1) is 0 Å². The van der Waals surface area contributed by atoms with Gasteiger partial charge in [-0.05, 0) is 25.2 Å². The molecule has 0 aliphatic heterocycles. The van der Waals surface area contributed by atoms with Crippen molar-refractivity contribution in [3.05, 3.63) is 12.2 Å². The van der Waals surface area contributed by atoms with Crippen molar-refractivity contribution in [3.63, 3.8) is 0 Å². The van der Waals surface area contributed by atoms with Crippen LogP contribution in [0.2, 0.25) is 0 Å². The van der Waals surface area contributed by atoms with Gasteiger partial charge in [0.15, 0.2) is 0 Å². The molecular formula is C7H16O3S2. The van der Waals surface area contributed by atoms with Gasteiger partial charge >= 0.3 is 0 Å². The fraction of sp³-hybridized carbons (Fsp3) is 0.714. The number of hydrogen-bond acceptors (Lipinski definition) is 2. The highest BCUT2D eigenvalue weighted by Gasteiger charge is 2.17. The average Bonchev–Trinajstić information content (AvgIpc) is 1.78. The molecule has 0 unspecified atom stereocenters. The summed E-state index contributed by atoms with van der Waals surface area (Å²) in [6.45, 7) is 1.89. The summed E-state index contributed by atoms with van der Waals surface area (Å²) in [6.07, 6.45) is 7.60. The Labute approximate surface area is 75.9 Å². The van der Waals surface area contributed by atoms with Gasteiger partial charge in [-0.3, -0.25) is 4.55 Å². The van der Waals surface area contributed by atoms with Crippen LogP contribution in [-0.4, -0.2) is 36.3 Å². The third-order valence-electron chi connectivity index (χ3n) is 1.25. The van der Waals surface area contributed by atoms with E-state index in [-0.39, 0.29) is 5.08 Å². The molecule has 0 aromatic heterocycles. The quantitative estimate of drug-likeness (QED) is 0.567. The van der Waals surface area contributed by atoms with Crippen LogP contribution >= 0.6 is 10.0 Å². The molecule has 0 fully saturated rings. The average molecular weight is 212 g/mol. The minimum absolute atomic E-state index is 0.107. The minimum Gasteiger partial charge on any atom is -0.285 e. The van der Waals surface area contributed by atoms with Crippen molar-refractivity contribution in [3.8, 4) is 0 Å². The second-order valence-electron chi connectivity index (χ2n) is 3.20. The molecule has 0 spiro atoms. The van der Waals surface area contributed by atoms with Gasteiger partial charge in [0.05, 0.1) is 0 Å². The third-order valence-corrected chi connectivity index (χ3v) is 6.09. The summed E-state index contributed by atoms with van der Waals surface area (Å²) in [6, 6.07) is 0. The van der Waals surface area contributed by atoms with Gasteiger partial charge in [-0.1, -0.05) is 12.2 Å². The molecule has 0 atom stereocenters. The predicted molar refractivity (Wildman–Crippen MR) is 55.5 cm³/mol. The molecule has 0 amide bonds. The predicted octanol–water partition coefficient (Wildman–Crippen LogP) is 1.47. The lowest BCUT2D eigenvalue weighted by Gasteiger charge is -2.27. The Morgan fingerprint density at radius 1 is 1.33 bits per heavy atom. The zero-order valence-electron chi connectivity index (χ0n) is 7.65. The Bertz CT molecular complexity index is 252. The number of rotatable bonds is 4. The minimum atomic E-state index is -3.81. The molecule has 5 heteroatoms. The SMILES string of the molecule is C/C=C/CS(C)(C)CS(=O)(=O)O. The Balaban J connectivity index is 4.23. The van der Waals surface area contributed by atoms with E-state index in [4.69, 9.17) is 4.55 Å². The summed E-state index contributed by atoms with van der Waals surface area (Å²) in [4.78, 5) is 0. The molecule has 0 aliphatic rings. The monoisotopic (exact) mass is 212 g/mol. The number of allylic oxidation sites excluding steroid dienone is 1. The smallest absolute Gasteiger partial charge is 0.272 e. The van der Waals surface area contributed by atoms with Crippen molar-refractivity contribution in [2.75, 3.05) is 23.3 Å². The summed E-state index contributed by atoms with van der Waals surface area (Å²) in [5, 5.41) is -0.107. The highest BCUT2D eigenvalue weighted by molar-refractivity contribution is 8.37. The summed E-state index contributed by atoms with van der Waals surface area (Å²) in [7, 11) is -5.04. The lowest BCUT2D eigenvalue weighted by molar-refractivity contribution is 0.489. The molecule has 3 nitrogen and oxygen atoms in total. The molecular weight excluding hydrogens is 196 g/mol. The van der Waals surface area contributed by atoms with E-state index in [9.17, 15) is 8.42 Å². The molecule has 0 aromatic rings. The van der Waals surface area contributed by atoms with Crippen molar-refractivity contribution in [1.29, 1.82) is 0 Å². The molecule has 0 bridgehead atoms. The van der Waals surface area contributed by atoms with Gasteiger partial charge in [0.2, 0.25) is 0 Å². The zero-order chi connectivity index (χ0) is 9.83. The normalized spacial score (nSPS) is 15.3. The molecule has 0 aromatic carbocycles. The molecule has 0 heterocycles. The Morgan fingerprint density at radius 2 is 1.83 bits per heavy atom. The van der Waals surface area contributed by atoms with E-state index in [1.165, 1.54) is 0 Å². The lowest BCUT2D eigenvalue weighted by atomic mass is 10.6. The van der Waals surface area contributed by atoms with E-state index < -0.39 is 20.1 Å². The van der Waals surface area contributed by atoms with Crippen LogP contribution < -0.4 is 0 Å². The third kappa shape index (κ3) is 6.69. The van der Waals surface area contributed by atoms with E-state index in [2.05, 4.69) is 0 Å². The molecule has 0 saturated heterocycles. The standard InChI is InChI=1S/C7H16O3S2/c1-4-5-6-11(2,3)7-12(8,9)10/h4-5H,6-7H2,1-3H3,(H,8,9,10)/b5-4+. The van der Waals surface area contributed by atoms with Gasteiger partial charge in [0, 0.05) is 0 Å². The maximum atomic E-state index is 10.6. The second kappa shape index (κ2) is 4.30. The van der Waals surface area contributed by atoms with Gasteiger partial charge in [-0.2, -0.15) is 8.42 Å². The van der Waals surface area contributed by atoms with E-state index in [1.807, 2.05) is 31.6 Å². The summed E-state index contributed by atoms with van der Waals surface area (Å²) < 4.78 is 29.7. The summed E-state index contributed by atoms with van der Waals surface area (Å²) in [5.74, 6) is 0.739. The zero-order valence-corrected chi connectivity index (χ0v) is 9.28. The van der Waals surface area contributed by atoms with Crippen molar-refractivity contribution in [2.45, 2.75) is 6.92 Å². The van der Waals surface area contributed by atoms with Crippen LogP contribution in [0, 0.1) is 0 Å². The van der Waals surface area contributed by atoms with Crippen LogP contribution in [0.15, 0.2) is 12.2 Å². The van der Waals surface area contributed by atoms with Crippen molar-refractivity contribution >= 4 is 20.1 Å². The highest BCUT2D eigenvalue weighted by Crippen LogP contribution is 2.40. The first-order valence-electron chi connectivity index (χ1n) is 3.52. The van der Waals surface area contributed by atoms with Crippen LogP contribution in [0.25, 0.3) is 0 Å². The Hall–Kier alpha value is -0.0000000000000000763. The summed E-state index contributed by atoms with van der Waals surface area (Å²) >= 11 is 0. The van der Waals surface area contributed by atoms with E-state index in [1.54, 1.807) is 0 Å². The fourth-order valence-corrected chi connectivity index (χ4v) is 5.13. The van der Waals surface area contributed by atoms with Crippen molar-refractivity contribution in [1.82, 2.24) is 0 Å². The maximum Gasteiger partial charge on any atom is 0.272 e. The topological polar surface area (TPSA) is 54.4 Å². The van der Waals surface area contributed by atoms with Gasteiger partial charge < -0.3 is 0 Å². The van der Waals surface area contributed by atoms with Crippen LogP contribution in [0.5, 0.6) is 0 Å². The second-order valence-corrected chi connectivity index (χ2v) is 9.18. The van der Waals surface area contributed by atoms with Crippen molar-refractivity contribution < 1.29 is 13.0 Å². The lowest BCUT2D eigenvalue weighted by Crippen LogP contribution is -2.13. The maximum absolute atomic E-state index is 10.6. The molecule has 0 aliphatic carbocycles. The van der Waals surface area contributed by atoms with E-state index >= 15 is 0 Å². The first kappa shape index (κ1) is 12.0. The molecule has 0 rings (SSSR count). The first-order valence-corrected chi connectivity index (χ1v) is 7.91. The first-order chi connectivity index (χ1) is 5.27. The van der Waals surface area contributed by atoms with Crippen molar-refractivity contribution in [2.24, 2.45) is 0 Å². The highest BCUT2D eigenvalue weighted by atomic mass is 32.3. The van der Waals surface area contributed by atoms with Crippen LogP contribution in [0.3, 0.4) is 0 Å². The largest absolute Gasteiger partial charge is 0.285 e. The van der Waals surface area contributed by atoms with Gasteiger partial charge in [0.25, 0.3) is 10.1 Å². The van der Waals surface area contributed by atoms with E-state index in [0.29, 0.717) is 0 Å². The van der Waals surface area contributed by atoms with Crippen LogP contribution in [0.4, 0.5) is 0 Å². The van der Waals surface area contributed by atoms with Gasteiger partial charge in [0.1, 0.15) is 5.08 Å². The fourth-order valence-electron chi connectivity index (χ4n) is 0.808. The Morgan fingerprint density at radius 3 is 2.17 bits per heavy atom. The molecule has 12 heavy (non-hydrogen) atoms.